The Bertz CT molecular complexity index is 863. The zero-order valence-corrected chi connectivity index (χ0v) is 17.0. The molecular weight excluding hydrogens is 364 g/mol. The smallest absolute Gasteiger partial charge is 0.258 e. The third-order valence-corrected chi connectivity index (χ3v) is 5.05. The predicted octanol–water partition coefficient (Wildman–Crippen LogP) is 3.60. The molecule has 0 saturated heterocycles. The Balaban J connectivity index is 1.94. The Morgan fingerprint density at radius 2 is 1.76 bits per heavy atom. The zero-order valence-electron chi connectivity index (χ0n) is 17.0. The number of hydrogen-bond acceptors (Lipinski definition) is 3. The van der Waals surface area contributed by atoms with Gasteiger partial charge in [-0.25, -0.2) is 0 Å². The lowest BCUT2D eigenvalue weighted by molar-refractivity contribution is -0.125. The van der Waals surface area contributed by atoms with Crippen molar-refractivity contribution in [3.05, 3.63) is 77.9 Å². The molecule has 1 N–H and O–H groups in total. The summed E-state index contributed by atoms with van der Waals surface area (Å²) in [6.07, 6.45) is 5.99. The van der Waals surface area contributed by atoms with Crippen molar-refractivity contribution in [1.29, 1.82) is 0 Å². The van der Waals surface area contributed by atoms with Crippen molar-refractivity contribution < 1.29 is 14.3 Å². The molecule has 0 bridgehead atoms. The normalized spacial score (nSPS) is 22.1. The van der Waals surface area contributed by atoms with Crippen LogP contribution in [0.5, 0.6) is 5.75 Å². The third kappa shape index (κ3) is 5.47. The molecule has 5 nitrogen and oxygen atoms in total. The summed E-state index contributed by atoms with van der Waals surface area (Å²) in [7, 11) is 1.68. The topological polar surface area (TPSA) is 58.6 Å². The molecule has 0 aromatic heterocycles. The van der Waals surface area contributed by atoms with Crippen LogP contribution < -0.4 is 10.1 Å². The molecule has 29 heavy (non-hydrogen) atoms. The highest BCUT2D eigenvalue weighted by molar-refractivity contribution is 5.99. The first-order valence-corrected chi connectivity index (χ1v) is 10.1. The molecule has 0 radical (unpaired) electrons. The lowest BCUT2D eigenvalue weighted by Gasteiger charge is -2.28. The molecule has 0 unspecified atom stereocenters. The van der Waals surface area contributed by atoms with Crippen molar-refractivity contribution >= 4 is 11.8 Å². The fourth-order valence-electron chi connectivity index (χ4n) is 3.39. The van der Waals surface area contributed by atoms with E-state index in [4.69, 9.17) is 4.74 Å². The van der Waals surface area contributed by atoms with Crippen LogP contribution in [0.2, 0.25) is 0 Å². The lowest BCUT2D eigenvalue weighted by atomic mass is 10.0. The first kappa shape index (κ1) is 20.6. The van der Waals surface area contributed by atoms with E-state index in [2.05, 4.69) is 17.5 Å². The molecule has 0 saturated carbocycles. The molecule has 1 aliphatic rings. The molecule has 1 heterocycles. The van der Waals surface area contributed by atoms with Crippen LogP contribution in [0.15, 0.2) is 66.7 Å². The van der Waals surface area contributed by atoms with Crippen LogP contribution in [0, 0.1) is 0 Å². The summed E-state index contributed by atoms with van der Waals surface area (Å²) in [5.74, 6) is 0.166. The second-order valence-corrected chi connectivity index (χ2v) is 7.33. The summed E-state index contributed by atoms with van der Waals surface area (Å²) in [4.78, 5) is 27.8. The number of benzene rings is 2. The number of ether oxygens (including phenoxy) is 1. The summed E-state index contributed by atoms with van der Waals surface area (Å²) < 4.78 is 6.04. The van der Waals surface area contributed by atoms with Gasteiger partial charge in [-0.3, -0.25) is 9.59 Å². The Hall–Kier alpha value is -3.08. The van der Waals surface area contributed by atoms with Gasteiger partial charge >= 0.3 is 0 Å². The van der Waals surface area contributed by atoms with Gasteiger partial charge in [0.2, 0.25) is 5.91 Å². The molecule has 2 amide bonds. The van der Waals surface area contributed by atoms with Crippen molar-refractivity contribution in [1.82, 2.24) is 10.2 Å². The Morgan fingerprint density at radius 3 is 2.55 bits per heavy atom. The van der Waals surface area contributed by atoms with Crippen molar-refractivity contribution in [3.8, 4) is 5.75 Å². The molecule has 0 spiro atoms. The number of fused-ring (bicyclic) bond motifs is 1. The van der Waals surface area contributed by atoms with Gasteiger partial charge in [-0.1, -0.05) is 54.6 Å². The van der Waals surface area contributed by atoms with Crippen LogP contribution >= 0.6 is 0 Å². The van der Waals surface area contributed by atoms with Gasteiger partial charge in [0.15, 0.2) is 0 Å². The average molecular weight is 392 g/mol. The summed E-state index contributed by atoms with van der Waals surface area (Å²) in [6, 6.07) is 16.4. The summed E-state index contributed by atoms with van der Waals surface area (Å²) in [5.41, 5.74) is 1.47. The summed E-state index contributed by atoms with van der Waals surface area (Å²) in [6.45, 7) is 2.52. The molecule has 0 fully saturated rings. The molecule has 1 aliphatic heterocycles. The lowest BCUT2D eigenvalue weighted by Crippen LogP contribution is -2.49. The minimum atomic E-state index is -0.609. The fraction of sp³-hybridized carbons (Fsp3) is 0.333. The van der Waals surface area contributed by atoms with E-state index in [1.165, 1.54) is 4.90 Å². The minimum absolute atomic E-state index is 0.0526. The highest BCUT2D eigenvalue weighted by Gasteiger charge is 2.29. The van der Waals surface area contributed by atoms with Gasteiger partial charge in [0.05, 0.1) is 11.7 Å². The van der Waals surface area contributed by atoms with Crippen LogP contribution in [0.25, 0.3) is 0 Å². The number of amides is 2. The standard InChI is InChI=1S/C24H28N2O3/c1-18-11-5-4-10-16-25-23(27)21(17-19-12-6-3-7-13-19)26(2)24(28)20-14-8-9-15-22(20)29-18/h3-9,12-15,18,21H,10-11,16-17H2,1-2H3,(H,25,27)/b5-4-/t18-,21-/m1/s1. The number of carbonyl (C=O) groups excluding carboxylic acids is 2. The number of nitrogens with one attached hydrogen (secondary N) is 1. The van der Waals surface area contributed by atoms with Crippen LogP contribution in [0.4, 0.5) is 0 Å². The van der Waals surface area contributed by atoms with Crippen LogP contribution in [-0.2, 0) is 11.2 Å². The Morgan fingerprint density at radius 1 is 1.03 bits per heavy atom. The zero-order chi connectivity index (χ0) is 20.6. The van der Waals surface area contributed by atoms with E-state index in [1.807, 2.05) is 49.4 Å². The van der Waals surface area contributed by atoms with Crippen molar-refractivity contribution in [2.75, 3.05) is 13.6 Å². The van der Waals surface area contributed by atoms with Crippen LogP contribution in [0.1, 0.15) is 35.7 Å². The van der Waals surface area contributed by atoms with E-state index in [1.54, 1.807) is 19.2 Å². The monoisotopic (exact) mass is 392 g/mol. The first-order chi connectivity index (χ1) is 14.1. The van der Waals surface area contributed by atoms with Crippen LogP contribution in [0.3, 0.4) is 0 Å². The summed E-state index contributed by atoms with van der Waals surface area (Å²) >= 11 is 0. The molecule has 0 aliphatic carbocycles. The van der Waals surface area contributed by atoms with E-state index in [0.29, 0.717) is 24.3 Å². The molecule has 2 aromatic rings. The third-order valence-electron chi connectivity index (χ3n) is 5.05. The number of likely N-dealkylation sites (N-methyl/N-ethyl adjacent to an activating group) is 1. The van der Waals surface area contributed by atoms with Gasteiger partial charge in [0, 0.05) is 26.4 Å². The predicted molar refractivity (Wildman–Crippen MR) is 114 cm³/mol. The van der Waals surface area contributed by atoms with Gasteiger partial charge in [0.25, 0.3) is 5.91 Å². The van der Waals surface area contributed by atoms with Crippen molar-refractivity contribution in [2.45, 2.75) is 38.3 Å². The Kier molecular flexibility index (Phi) is 7.06. The highest BCUT2D eigenvalue weighted by Crippen LogP contribution is 2.23. The maximum Gasteiger partial charge on any atom is 0.258 e. The second-order valence-electron chi connectivity index (χ2n) is 7.33. The highest BCUT2D eigenvalue weighted by atomic mass is 16.5. The van der Waals surface area contributed by atoms with Gasteiger partial charge in [-0.05, 0) is 31.0 Å². The Labute approximate surface area is 172 Å². The maximum absolute atomic E-state index is 13.3. The molecular formula is C24H28N2O3. The maximum atomic E-state index is 13.3. The SMILES string of the molecule is C[C@@H]1C/C=C\CCNC(=O)[C@@H](Cc2ccccc2)N(C)C(=O)c2ccccc2O1. The number of para-hydroxylation sites is 1. The number of nitrogens with zero attached hydrogens (tertiary/aromatic N) is 1. The number of hydrogen-bond donors (Lipinski definition) is 1. The minimum Gasteiger partial charge on any atom is -0.490 e. The fourth-order valence-corrected chi connectivity index (χ4v) is 3.39. The molecule has 2 aromatic carbocycles. The average Bonchev–Trinajstić information content (AvgIpc) is 2.74. The van der Waals surface area contributed by atoms with E-state index in [9.17, 15) is 9.59 Å². The summed E-state index contributed by atoms with van der Waals surface area (Å²) in [5, 5.41) is 2.98. The van der Waals surface area contributed by atoms with Crippen molar-refractivity contribution in [2.24, 2.45) is 0 Å². The molecule has 3 rings (SSSR count). The largest absolute Gasteiger partial charge is 0.490 e. The van der Waals surface area contributed by atoms with E-state index < -0.39 is 6.04 Å². The van der Waals surface area contributed by atoms with Gasteiger partial charge in [0.1, 0.15) is 11.8 Å². The first-order valence-electron chi connectivity index (χ1n) is 10.1. The van der Waals surface area contributed by atoms with E-state index in [-0.39, 0.29) is 17.9 Å². The number of carbonyl (C=O) groups is 2. The van der Waals surface area contributed by atoms with E-state index >= 15 is 0 Å². The molecule has 2 atom stereocenters. The van der Waals surface area contributed by atoms with E-state index in [0.717, 1.165) is 18.4 Å². The van der Waals surface area contributed by atoms with Crippen LogP contribution in [-0.4, -0.2) is 42.5 Å². The second kappa shape index (κ2) is 9.92. The quantitative estimate of drug-likeness (QED) is 0.795. The van der Waals surface area contributed by atoms with Gasteiger partial charge in [-0.2, -0.15) is 0 Å². The number of rotatable bonds is 2. The van der Waals surface area contributed by atoms with Crippen molar-refractivity contribution in [3.63, 3.8) is 0 Å². The molecule has 152 valence electrons. The molecule has 5 heteroatoms. The van der Waals surface area contributed by atoms with Gasteiger partial charge < -0.3 is 15.0 Å². The van der Waals surface area contributed by atoms with Gasteiger partial charge in [-0.15, -0.1) is 0 Å².